The first-order chi connectivity index (χ1) is 16.3. The summed E-state index contributed by atoms with van der Waals surface area (Å²) in [5.41, 5.74) is 5.57. The van der Waals surface area contributed by atoms with E-state index in [1.807, 2.05) is 44.2 Å². The Kier molecular flexibility index (Phi) is 5.62. The molecule has 1 N–H and O–H groups in total. The number of sulfonamides is 1. The third-order valence-corrected chi connectivity index (χ3v) is 8.16. The molecule has 0 spiro atoms. The molecular formula is C28H26N2O3S. The highest BCUT2D eigenvalue weighted by Gasteiger charge is 2.28. The molecule has 0 atom stereocenters. The van der Waals surface area contributed by atoms with Crippen LogP contribution in [0.4, 0.5) is 11.4 Å². The van der Waals surface area contributed by atoms with Gasteiger partial charge >= 0.3 is 0 Å². The second-order valence-corrected chi connectivity index (χ2v) is 10.6. The van der Waals surface area contributed by atoms with Crippen molar-refractivity contribution in [1.29, 1.82) is 0 Å². The van der Waals surface area contributed by atoms with Crippen molar-refractivity contribution in [2.45, 2.75) is 31.6 Å². The monoisotopic (exact) mass is 470 g/mol. The van der Waals surface area contributed by atoms with Gasteiger partial charge in [-0.25, -0.2) is 8.42 Å². The van der Waals surface area contributed by atoms with Gasteiger partial charge in [0, 0.05) is 11.1 Å². The minimum Gasteiger partial charge on any atom is -0.324 e. The zero-order valence-corrected chi connectivity index (χ0v) is 20.0. The lowest BCUT2D eigenvalue weighted by Gasteiger charge is -2.26. The van der Waals surface area contributed by atoms with Gasteiger partial charge in [-0.1, -0.05) is 60.2 Å². The van der Waals surface area contributed by atoms with E-state index >= 15 is 0 Å². The Balaban J connectivity index is 1.51. The quantitative estimate of drug-likeness (QED) is 0.411. The first-order valence-electron chi connectivity index (χ1n) is 11.3. The van der Waals surface area contributed by atoms with Crippen molar-refractivity contribution < 1.29 is 13.2 Å². The number of amides is 1. The molecule has 6 heteroatoms. The van der Waals surface area contributed by atoms with Gasteiger partial charge in [0.25, 0.3) is 10.0 Å². The number of anilines is 2. The molecule has 4 aromatic rings. The highest BCUT2D eigenvalue weighted by Crippen LogP contribution is 2.35. The molecule has 0 aliphatic heterocycles. The van der Waals surface area contributed by atoms with Crippen LogP contribution in [0.1, 0.15) is 22.3 Å². The molecule has 1 amide bonds. The van der Waals surface area contributed by atoms with Crippen LogP contribution < -0.4 is 9.62 Å². The Morgan fingerprint density at radius 1 is 0.882 bits per heavy atom. The summed E-state index contributed by atoms with van der Waals surface area (Å²) in [7, 11) is -3.95. The predicted molar refractivity (Wildman–Crippen MR) is 137 cm³/mol. The fourth-order valence-corrected chi connectivity index (χ4v) is 6.29. The third-order valence-electron chi connectivity index (χ3n) is 6.39. The maximum atomic E-state index is 13.6. The highest BCUT2D eigenvalue weighted by molar-refractivity contribution is 7.92. The summed E-state index contributed by atoms with van der Waals surface area (Å²) >= 11 is 0. The van der Waals surface area contributed by atoms with Crippen molar-refractivity contribution in [3.8, 4) is 0 Å². The zero-order valence-electron chi connectivity index (χ0n) is 19.2. The van der Waals surface area contributed by atoms with Crippen molar-refractivity contribution in [2.75, 3.05) is 16.2 Å². The minimum atomic E-state index is -3.95. The second-order valence-electron chi connectivity index (χ2n) is 8.77. The second kappa shape index (κ2) is 8.61. The van der Waals surface area contributed by atoms with Gasteiger partial charge in [-0.3, -0.25) is 9.10 Å². The number of nitrogens with zero attached hydrogens (tertiary/aromatic N) is 1. The van der Waals surface area contributed by atoms with Crippen LogP contribution in [0.3, 0.4) is 0 Å². The zero-order chi connectivity index (χ0) is 23.9. The Hall–Kier alpha value is -3.64. The van der Waals surface area contributed by atoms with Gasteiger partial charge in [0.1, 0.15) is 6.54 Å². The van der Waals surface area contributed by atoms with E-state index in [4.69, 9.17) is 0 Å². The first-order valence-corrected chi connectivity index (χ1v) is 12.8. The van der Waals surface area contributed by atoms with Gasteiger partial charge in [-0.2, -0.15) is 0 Å². The Morgan fingerprint density at radius 2 is 1.62 bits per heavy atom. The van der Waals surface area contributed by atoms with E-state index in [1.165, 1.54) is 20.8 Å². The molecule has 5 rings (SSSR count). The Labute approximate surface area is 200 Å². The lowest BCUT2D eigenvalue weighted by molar-refractivity contribution is -0.114. The van der Waals surface area contributed by atoms with Crippen LogP contribution in [-0.4, -0.2) is 20.9 Å². The number of nitrogens with one attached hydrogen (secondary N) is 1. The fraction of sp³-hybridized carbons (Fsp3) is 0.179. The Bertz CT molecular complexity index is 1500. The average molecular weight is 471 g/mol. The summed E-state index contributed by atoms with van der Waals surface area (Å²) in [6, 6.07) is 23.9. The van der Waals surface area contributed by atoms with Crippen LogP contribution in [0.2, 0.25) is 0 Å². The molecule has 0 unspecified atom stereocenters. The maximum absolute atomic E-state index is 13.6. The van der Waals surface area contributed by atoms with Gasteiger partial charge < -0.3 is 5.32 Å². The van der Waals surface area contributed by atoms with E-state index in [0.717, 1.165) is 29.4 Å². The number of hydrogen-bond donors (Lipinski definition) is 1. The molecule has 0 bridgehead atoms. The van der Waals surface area contributed by atoms with E-state index in [2.05, 4.69) is 17.4 Å². The van der Waals surface area contributed by atoms with Crippen molar-refractivity contribution in [3.63, 3.8) is 0 Å². The number of carbonyl (C=O) groups excluding carboxylic acids is 1. The molecule has 1 aliphatic carbocycles. The van der Waals surface area contributed by atoms with Gasteiger partial charge in [0.2, 0.25) is 5.91 Å². The van der Waals surface area contributed by atoms with Crippen molar-refractivity contribution in [3.05, 3.63) is 101 Å². The molecule has 34 heavy (non-hydrogen) atoms. The van der Waals surface area contributed by atoms with Crippen molar-refractivity contribution >= 4 is 38.1 Å². The Morgan fingerprint density at radius 3 is 2.35 bits per heavy atom. The molecule has 0 fully saturated rings. The molecule has 0 heterocycles. The third kappa shape index (κ3) is 3.94. The maximum Gasteiger partial charge on any atom is 0.264 e. The predicted octanol–water partition coefficient (Wildman–Crippen LogP) is 5.39. The molecule has 172 valence electrons. The van der Waals surface area contributed by atoms with Crippen LogP contribution in [0.5, 0.6) is 0 Å². The summed E-state index contributed by atoms with van der Waals surface area (Å²) in [5, 5.41) is 5.16. The normalized spacial score (nSPS) is 12.6. The SMILES string of the molecule is Cc1ccc(N(CC(=O)Nc2ccc3c4c(cccc24)CC3)S(=O)(=O)c2ccccc2)c(C)c1. The van der Waals surface area contributed by atoms with Gasteiger partial charge in [0.15, 0.2) is 0 Å². The molecule has 4 aromatic carbocycles. The minimum absolute atomic E-state index is 0.146. The van der Waals surface area contributed by atoms with E-state index in [-0.39, 0.29) is 11.4 Å². The lowest BCUT2D eigenvalue weighted by atomic mass is 10.0. The number of carbonyl (C=O) groups is 1. The summed E-state index contributed by atoms with van der Waals surface area (Å²) < 4.78 is 28.4. The van der Waals surface area contributed by atoms with Gasteiger partial charge in [-0.05, 0) is 73.0 Å². The first kappa shape index (κ1) is 22.2. The van der Waals surface area contributed by atoms with Crippen LogP contribution in [0.25, 0.3) is 10.8 Å². The van der Waals surface area contributed by atoms with Crippen LogP contribution in [0.15, 0.2) is 83.8 Å². The number of hydrogen-bond acceptors (Lipinski definition) is 3. The van der Waals surface area contributed by atoms with E-state index < -0.39 is 15.9 Å². The molecular weight excluding hydrogens is 444 g/mol. The number of aryl methyl sites for hydroxylation is 4. The topological polar surface area (TPSA) is 66.5 Å². The molecule has 1 aliphatic rings. The summed E-state index contributed by atoms with van der Waals surface area (Å²) in [4.78, 5) is 13.4. The highest BCUT2D eigenvalue weighted by atomic mass is 32.2. The number of benzene rings is 4. The molecule has 0 saturated carbocycles. The van der Waals surface area contributed by atoms with Crippen LogP contribution in [0, 0.1) is 13.8 Å². The van der Waals surface area contributed by atoms with Gasteiger partial charge in [-0.15, -0.1) is 0 Å². The smallest absolute Gasteiger partial charge is 0.264 e. The molecule has 0 aromatic heterocycles. The summed E-state index contributed by atoms with van der Waals surface area (Å²) in [6.07, 6.45) is 2.00. The van der Waals surface area contributed by atoms with E-state index in [1.54, 1.807) is 36.4 Å². The van der Waals surface area contributed by atoms with E-state index in [9.17, 15) is 13.2 Å². The largest absolute Gasteiger partial charge is 0.324 e. The fourth-order valence-electron chi connectivity index (χ4n) is 4.78. The molecule has 5 nitrogen and oxygen atoms in total. The summed E-state index contributed by atoms with van der Waals surface area (Å²) in [5.74, 6) is -0.391. The summed E-state index contributed by atoms with van der Waals surface area (Å²) in [6.45, 7) is 3.48. The standard InChI is InChI=1S/C28H26N2O3S/c1-19-11-16-26(20(2)17-19)30(34(32,33)23-8-4-3-5-9-23)18-27(31)29-25-15-14-22-13-12-21-7-6-10-24(25)28(21)22/h3-11,14-17H,12-13,18H2,1-2H3,(H,29,31). The van der Waals surface area contributed by atoms with Crippen molar-refractivity contribution in [2.24, 2.45) is 0 Å². The van der Waals surface area contributed by atoms with Crippen LogP contribution >= 0.6 is 0 Å². The van der Waals surface area contributed by atoms with Crippen LogP contribution in [-0.2, 0) is 27.7 Å². The number of rotatable bonds is 6. The lowest BCUT2D eigenvalue weighted by Crippen LogP contribution is -2.38. The molecule has 0 radical (unpaired) electrons. The average Bonchev–Trinajstić information content (AvgIpc) is 3.25. The molecule has 0 saturated heterocycles. The van der Waals surface area contributed by atoms with Crippen molar-refractivity contribution in [1.82, 2.24) is 0 Å². The van der Waals surface area contributed by atoms with E-state index in [0.29, 0.717) is 11.4 Å². The van der Waals surface area contributed by atoms with Gasteiger partial charge in [0.05, 0.1) is 10.6 Å².